The van der Waals surface area contributed by atoms with Gasteiger partial charge in [0, 0.05) is 19.1 Å². The van der Waals surface area contributed by atoms with Gasteiger partial charge >= 0.3 is 0 Å². The van der Waals surface area contributed by atoms with Crippen LogP contribution in [0.5, 0.6) is 0 Å². The van der Waals surface area contributed by atoms with Gasteiger partial charge < -0.3 is 10.2 Å². The molecule has 2 atom stereocenters. The maximum Gasteiger partial charge on any atom is 0.240 e. The van der Waals surface area contributed by atoms with Crippen molar-refractivity contribution in [1.82, 2.24) is 15.1 Å². The number of amides is 2. The quantitative estimate of drug-likeness (QED) is 0.683. The van der Waals surface area contributed by atoms with E-state index in [1.54, 1.807) is 0 Å². The summed E-state index contributed by atoms with van der Waals surface area (Å²) in [5.41, 5.74) is -0.142. The summed E-state index contributed by atoms with van der Waals surface area (Å²) < 4.78 is 0. The molecular weight excluding hydrogens is 326 g/mol. The molecule has 2 amide bonds. The molecule has 1 aliphatic carbocycles. The van der Waals surface area contributed by atoms with Crippen LogP contribution in [0.4, 0.5) is 0 Å². The van der Waals surface area contributed by atoms with Crippen molar-refractivity contribution in [3.05, 3.63) is 0 Å². The molecule has 26 heavy (non-hydrogen) atoms. The van der Waals surface area contributed by atoms with Crippen LogP contribution in [0.1, 0.15) is 73.1 Å². The topological polar surface area (TPSA) is 52.7 Å². The Labute approximate surface area is 159 Å². The van der Waals surface area contributed by atoms with Gasteiger partial charge in [-0.1, -0.05) is 34.6 Å². The third-order valence-electron chi connectivity index (χ3n) is 6.68. The molecule has 2 fully saturated rings. The van der Waals surface area contributed by atoms with Gasteiger partial charge in [0.2, 0.25) is 11.8 Å². The number of hydrogen-bond acceptors (Lipinski definition) is 3. The highest BCUT2D eigenvalue weighted by Gasteiger charge is 2.52. The van der Waals surface area contributed by atoms with Crippen molar-refractivity contribution in [2.45, 2.75) is 85.2 Å². The fourth-order valence-electron chi connectivity index (χ4n) is 4.54. The average Bonchev–Trinajstić information content (AvgIpc) is 3.46. The van der Waals surface area contributed by atoms with Crippen LogP contribution in [-0.4, -0.2) is 59.9 Å². The highest BCUT2D eigenvalue weighted by atomic mass is 16.2. The highest BCUT2D eigenvalue weighted by molar-refractivity contribution is 5.86. The van der Waals surface area contributed by atoms with E-state index < -0.39 is 0 Å². The molecule has 5 heteroatoms. The van der Waals surface area contributed by atoms with Crippen molar-refractivity contribution in [3.63, 3.8) is 0 Å². The first kappa shape index (κ1) is 21.2. The molecule has 1 N–H and O–H groups in total. The standard InChI is InChI=1S/C21H39N3O2/c1-6-18(23(7-2)8-3)19(25)24-14-10-9-11-17(24)15-22-20(26)21(12-13-21)16(4)5/h16-18H,6-15H2,1-5H3,(H,22,26). The number of nitrogens with one attached hydrogen (secondary N) is 1. The second-order valence-electron chi connectivity index (χ2n) is 8.35. The third-order valence-corrected chi connectivity index (χ3v) is 6.68. The summed E-state index contributed by atoms with van der Waals surface area (Å²) >= 11 is 0. The van der Waals surface area contributed by atoms with Crippen molar-refractivity contribution >= 4 is 11.8 Å². The second kappa shape index (κ2) is 9.20. The van der Waals surface area contributed by atoms with Gasteiger partial charge in [0.1, 0.15) is 0 Å². The maximum absolute atomic E-state index is 13.2. The Morgan fingerprint density at radius 3 is 2.31 bits per heavy atom. The van der Waals surface area contributed by atoms with E-state index in [1.165, 1.54) is 0 Å². The van der Waals surface area contributed by atoms with Crippen molar-refractivity contribution < 1.29 is 9.59 Å². The zero-order valence-corrected chi connectivity index (χ0v) is 17.5. The first-order valence-electron chi connectivity index (χ1n) is 10.7. The Bertz CT molecular complexity index is 484. The molecule has 0 aromatic heterocycles. The molecular formula is C21H39N3O2. The van der Waals surface area contributed by atoms with Gasteiger partial charge in [-0.05, 0) is 57.5 Å². The largest absolute Gasteiger partial charge is 0.354 e. The lowest BCUT2D eigenvalue weighted by Gasteiger charge is -2.40. The number of piperidine rings is 1. The predicted octanol–water partition coefficient (Wildman–Crippen LogP) is 3.04. The van der Waals surface area contributed by atoms with Crippen LogP contribution in [0, 0.1) is 11.3 Å². The maximum atomic E-state index is 13.2. The van der Waals surface area contributed by atoms with Gasteiger partial charge in [0.25, 0.3) is 0 Å². The van der Waals surface area contributed by atoms with Crippen LogP contribution < -0.4 is 5.32 Å². The van der Waals surface area contributed by atoms with Crippen molar-refractivity contribution in [3.8, 4) is 0 Å². The Kier molecular flexibility index (Phi) is 7.51. The summed E-state index contributed by atoms with van der Waals surface area (Å²) in [6.45, 7) is 13.8. The van der Waals surface area contributed by atoms with Gasteiger partial charge in [0.05, 0.1) is 11.5 Å². The van der Waals surface area contributed by atoms with E-state index in [0.717, 1.165) is 58.2 Å². The zero-order valence-electron chi connectivity index (χ0n) is 17.5. The Balaban J connectivity index is 2.00. The summed E-state index contributed by atoms with van der Waals surface area (Å²) in [4.78, 5) is 30.2. The zero-order chi connectivity index (χ0) is 19.3. The number of likely N-dealkylation sites (tertiary alicyclic amines) is 1. The fourth-order valence-corrected chi connectivity index (χ4v) is 4.54. The lowest BCUT2D eigenvalue weighted by molar-refractivity contribution is -0.141. The van der Waals surface area contributed by atoms with Crippen LogP contribution >= 0.6 is 0 Å². The minimum absolute atomic E-state index is 0.0354. The molecule has 150 valence electrons. The van der Waals surface area contributed by atoms with Gasteiger partial charge in [-0.15, -0.1) is 0 Å². The smallest absolute Gasteiger partial charge is 0.240 e. The van der Waals surface area contributed by atoms with Gasteiger partial charge in [0.15, 0.2) is 0 Å². The Morgan fingerprint density at radius 1 is 1.15 bits per heavy atom. The van der Waals surface area contributed by atoms with Crippen LogP contribution in [-0.2, 0) is 9.59 Å². The van der Waals surface area contributed by atoms with Gasteiger partial charge in [-0.2, -0.15) is 0 Å². The van der Waals surface area contributed by atoms with Crippen LogP contribution in [0.2, 0.25) is 0 Å². The summed E-state index contributed by atoms with van der Waals surface area (Å²) in [7, 11) is 0. The van der Waals surface area contributed by atoms with E-state index in [4.69, 9.17) is 0 Å². The molecule has 1 aliphatic heterocycles. The van der Waals surface area contributed by atoms with Gasteiger partial charge in [-0.25, -0.2) is 0 Å². The Hall–Kier alpha value is -1.10. The molecule has 0 spiro atoms. The number of nitrogens with zero attached hydrogens (tertiary/aromatic N) is 2. The van der Waals surface area contributed by atoms with E-state index in [9.17, 15) is 9.59 Å². The highest BCUT2D eigenvalue weighted by Crippen LogP contribution is 2.52. The summed E-state index contributed by atoms with van der Waals surface area (Å²) in [6, 6.07) is 0.111. The minimum atomic E-state index is -0.142. The van der Waals surface area contributed by atoms with E-state index in [2.05, 4.69) is 49.7 Å². The summed E-state index contributed by atoms with van der Waals surface area (Å²) in [5.74, 6) is 0.833. The van der Waals surface area contributed by atoms with Crippen molar-refractivity contribution in [2.75, 3.05) is 26.2 Å². The molecule has 1 heterocycles. The molecule has 2 unspecified atom stereocenters. The van der Waals surface area contributed by atoms with E-state index in [1.807, 2.05) is 0 Å². The molecule has 0 aromatic rings. The lowest BCUT2D eigenvalue weighted by Crippen LogP contribution is -2.56. The lowest BCUT2D eigenvalue weighted by atomic mass is 9.91. The predicted molar refractivity (Wildman–Crippen MR) is 106 cm³/mol. The molecule has 0 bridgehead atoms. The molecule has 1 saturated heterocycles. The number of carbonyl (C=O) groups excluding carboxylic acids is 2. The first-order chi connectivity index (χ1) is 12.4. The average molecular weight is 366 g/mol. The number of carbonyl (C=O) groups is 2. The fraction of sp³-hybridized carbons (Fsp3) is 0.905. The van der Waals surface area contributed by atoms with Crippen LogP contribution in [0.15, 0.2) is 0 Å². The van der Waals surface area contributed by atoms with Crippen LogP contribution in [0.3, 0.4) is 0 Å². The molecule has 5 nitrogen and oxygen atoms in total. The molecule has 0 aromatic carbocycles. The monoisotopic (exact) mass is 365 g/mol. The second-order valence-corrected chi connectivity index (χ2v) is 8.35. The molecule has 2 rings (SSSR count). The van der Waals surface area contributed by atoms with Crippen molar-refractivity contribution in [2.24, 2.45) is 11.3 Å². The number of rotatable bonds is 9. The van der Waals surface area contributed by atoms with Crippen molar-refractivity contribution in [1.29, 1.82) is 0 Å². The third kappa shape index (κ3) is 4.41. The van der Waals surface area contributed by atoms with Crippen LogP contribution in [0.25, 0.3) is 0 Å². The molecule has 2 aliphatic rings. The normalized spacial score (nSPS) is 23.2. The summed E-state index contributed by atoms with van der Waals surface area (Å²) in [6.07, 6.45) is 6.05. The van der Waals surface area contributed by atoms with E-state index in [-0.39, 0.29) is 29.3 Å². The van der Waals surface area contributed by atoms with Gasteiger partial charge in [-0.3, -0.25) is 14.5 Å². The number of likely N-dealkylation sites (N-methyl/N-ethyl adjacent to an activating group) is 1. The van der Waals surface area contributed by atoms with E-state index in [0.29, 0.717) is 12.5 Å². The molecule has 1 saturated carbocycles. The minimum Gasteiger partial charge on any atom is -0.354 e. The Morgan fingerprint density at radius 2 is 1.81 bits per heavy atom. The van der Waals surface area contributed by atoms with E-state index >= 15 is 0 Å². The SMILES string of the molecule is CCC(C(=O)N1CCCCC1CNC(=O)C1(C(C)C)CC1)N(CC)CC. The first-order valence-corrected chi connectivity index (χ1v) is 10.7. The summed E-state index contributed by atoms with van der Waals surface area (Å²) in [5, 5.41) is 3.19. The molecule has 0 radical (unpaired) electrons. The number of hydrogen-bond donors (Lipinski definition) is 1.